The molecule has 2 rings (SSSR count). The third-order valence-electron chi connectivity index (χ3n) is 3.15. The van der Waals surface area contributed by atoms with Crippen LogP contribution in [-0.4, -0.2) is 6.54 Å². The second-order valence-electron chi connectivity index (χ2n) is 4.61. The predicted octanol–water partition coefficient (Wildman–Crippen LogP) is 4.98. The number of likely N-dealkylation sites (N-methyl/N-ethyl adjacent to an activating group) is 1. The fraction of sp³-hybridized carbons (Fsp3) is 0.250. The highest BCUT2D eigenvalue weighted by atomic mass is 127. The summed E-state index contributed by atoms with van der Waals surface area (Å²) >= 11 is 8.17. The van der Waals surface area contributed by atoms with Crippen molar-refractivity contribution in [2.45, 2.75) is 19.4 Å². The third kappa shape index (κ3) is 4.17. The van der Waals surface area contributed by atoms with Crippen molar-refractivity contribution < 1.29 is 4.39 Å². The van der Waals surface area contributed by atoms with Crippen molar-refractivity contribution in [3.05, 3.63) is 68.0 Å². The van der Waals surface area contributed by atoms with E-state index in [1.807, 2.05) is 0 Å². The molecule has 0 bridgehead atoms. The Morgan fingerprint density at radius 1 is 1.20 bits per heavy atom. The molecule has 2 aromatic rings. The number of hydrogen-bond donors (Lipinski definition) is 1. The molecule has 0 fully saturated rings. The van der Waals surface area contributed by atoms with Crippen LogP contribution < -0.4 is 5.32 Å². The first kappa shape index (κ1) is 15.7. The zero-order valence-electron chi connectivity index (χ0n) is 11.2. The molecule has 4 heteroatoms. The minimum absolute atomic E-state index is 0.137. The molecule has 0 aliphatic carbocycles. The number of nitrogens with one attached hydrogen (secondary N) is 1. The molecule has 0 aliphatic rings. The van der Waals surface area contributed by atoms with Crippen LogP contribution >= 0.6 is 34.2 Å². The number of halogens is 3. The van der Waals surface area contributed by atoms with Crippen LogP contribution in [0.5, 0.6) is 0 Å². The van der Waals surface area contributed by atoms with Gasteiger partial charge in [-0.1, -0.05) is 36.7 Å². The highest BCUT2D eigenvalue weighted by molar-refractivity contribution is 14.1. The normalized spacial score (nSPS) is 12.4. The molecule has 0 heterocycles. The Hall–Kier alpha value is -0.650. The predicted molar refractivity (Wildman–Crippen MR) is 90.7 cm³/mol. The van der Waals surface area contributed by atoms with Gasteiger partial charge in [0, 0.05) is 9.61 Å². The fourth-order valence-corrected chi connectivity index (χ4v) is 2.69. The Bertz CT molecular complexity index is 571. The van der Waals surface area contributed by atoms with Gasteiger partial charge in [0.2, 0.25) is 0 Å². The molecular formula is C16H16ClFIN. The van der Waals surface area contributed by atoms with Crippen LogP contribution in [0.1, 0.15) is 24.1 Å². The largest absolute Gasteiger partial charge is 0.310 e. The molecule has 1 unspecified atom stereocenters. The summed E-state index contributed by atoms with van der Waals surface area (Å²) in [5.74, 6) is -0.375. The van der Waals surface area contributed by atoms with Crippen LogP contribution in [-0.2, 0) is 6.42 Å². The summed E-state index contributed by atoms with van der Waals surface area (Å²) in [7, 11) is 0. The summed E-state index contributed by atoms with van der Waals surface area (Å²) in [6.07, 6.45) is 0.854. The van der Waals surface area contributed by atoms with Crippen molar-refractivity contribution in [2.75, 3.05) is 6.54 Å². The number of hydrogen-bond acceptors (Lipinski definition) is 1. The highest BCUT2D eigenvalue weighted by Gasteiger charge is 2.13. The van der Waals surface area contributed by atoms with Crippen molar-refractivity contribution in [3.63, 3.8) is 0 Å². The average molecular weight is 404 g/mol. The molecule has 0 radical (unpaired) electrons. The first-order chi connectivity index (χ1) is 9.60. The summed E-state index contributed by atoms with van der Waals surface area (Å²) < 4.78 is 14.5. The summed E-state index contributed by atoms with van der Waals surface area (Å²) in [5, 5.41) is 3.60. The van der Waals surface area contributed by atoms with Gasteiger partial charge in [-0.05, 0) is 70.9 Å². The molecule has 1 N–H and O–H groups in total. The van der Waals surface area contributed by atoms with Gasteiger partial charge < -0.3 is 5.32 Å². The molecule has 0 aromatic heterocycles. The molecule has 0 spiro atoms. The summed E-state index contributed by atoms with van der Waals surface area (Å²) in [5.41, 5.74) is 2.26. The SMILES string of the molecule is CCNC(Cc1ccc(I)cc1)c1ccc(F)c(Cl)c1. The first-order valence-electron chi connectivity index (χ1n) is 6.53. The number of benzene rings is 2. The zero-order chi connectivity index (χ0) is 14.5. The van der Waals surface area contributed by atoms with E-state index in [0.717, 1.165) is 18.5 Å². The minimum Gasteiger partial charge on any atom is -0.310 e. The van der Waals surface area contributed by atoms with E-state index in [0.29, 0.717) is 0 Å². The maximum atomic E-state index is 13.3. The van der Waals surface area contributed by atoms with Crippen LogP contribution in [0.4, 0.5) is 4.39 Å². The zero-order valence-corrected chi connectivity index (χ0v) is 14.1. The Labute approximate surface area is 137 Å². The van der Waals surface area contributed by atoms with E-state index in [1.165, 1.54) is 15.2 Å². The Balaban J connectivity index is 2.21. The molecule has 0 saturated carbocycles. The molecule has 1 nitrogen and oxygen atoms in total. The van der Waals surface area contributed by atoms with E-state index in [-0.39, 0.29) is 16.9 Å². The highest BCUT2D eigenvalue weighted by Crippen LogP contribution is 2.24. The molecule has 20 heavy (non-hydrogen) atoms. The second-order valence-corrected chi connectivity index (χ2v) is 6.27. The number of rotatable bonds is 5. The molecule has 0 amide bonds. The van der Waals surface area contributed by atoms with E-state index in [9.17, 15) is 4.39 Å². The smallest absolute Gasteiger partial charge is 0.141 e. The van der Waals surface area contributed by atoms with Gasteiger partial charge in [-0.2, -0.15) is 0 Å². The van der Waals surface area contributed by atoms with Crippen molar-refractivity contribution in [3.8, 4) is 0 Å². The monoisotopic (exact) mass is 403 g/mol. The Kier molecular flexibility index (Phi) is 5.81. The summed E-state index contributed by atoms with van der Waals surface area (Å²) in [4.78, 5) is 0. The van der Waals surface area contributed by atoms with E-state index in [4.69, 9.17) is 11.6 Å². The van der Waals surface area contributed by atoms with Crippen LogP contribution in [0.25, 0.3) is 0 Å². The molecule has 106 valence electrons. The van der Waals surface area contributed by atoms with Gasteiger partial charge in [0.25, 0.3) is 0 Å². The molecular weight excluding hydrogens is 388 g/mol. The lowest BCUT2D eigenvalue weighted by atomic mass is 9.99. The summed E-state index contributed by atoms with van der Waals surface area (Å²) in [6, 6.07) is 13.5. The van der Waals surface area contributed by atoms with Crippen LogP contribution in [0.3, 0.4) is 0 Å². The van der Waals surface area contributed by atoms with Gasteiger partial charge in [-0.3, -0.25) is 0 Å². The van der Waals surface area contributed by atoms with E-state index in [1.54, 1.807) is 12.1 Å². The lowest BCUT2D eigenvalue weighted by Gasteiger charge is -2.19. The maximum Gasteiger partial charge on any atom is 0.141 e. The van der Waals surface area contributed by atoms with Gasteiger partial charge in [0.15, 0.2) is 0 Å². The first-order valence-corrected chi connectivity index (χ1v) is 7.98. The van der Waals surface area contributed by atoms with Gasteiger partial charge in [0.05, 0.1) is 5.02 Å². The molecule has 0 aliphatic heterocycles. The van der Waals surface area contributed by atoms with E-state index >= 15 is 0 Å². The Morgan fingerprint density at radius 2 is 1.90 bits per heavy atom. The average Bonchev–Trinajstić information content (AvgIpc) is 2.44. The van der Waals surface area contributed by atoms with E-state index < -0.39 is 0 Å². The molecule has 2 aromatic carbocycles. The Morgan fingerprint density at radius 3 is 2.50 bits per heavy atom. The quantitative estimate of drug-likeness (QED) is 0.695. The van der Waals surface area contributed by atoms with Crippen molar-refractivity contribution in [2.24, 2.45) is 0 Å². The summed E-state index contributed by atoms with van der Waals surface area (Å²) in [6.45, 7) is 2.91. The fourth-order valence-electron chi connectivity index (χ4n) is 2.14. The molecule has 1 atom stereocenters. The standard InChI is InChI=1S/C16H16ClFIN/c1-2-20-16(9-11-3-6-13(19)7-4-11)12-5-8-15(18)14(17)10-12/h3-8,10,16,20H,2,9H2,1H3. The lowest BCUT2D eigenvalue weighted by molar-refractivity contribution is 0.547. The third-order valence-corrected chi connectivity index (χ3v) is 4.16. The topological polar surface area (TPSA) is 12.0 Å². The van der Waals surface area contributed by atoms with Crippen molar-refractivity contribution >= 4 is 34.2 Å². The van der Waals surface area contributed by atoms with Gasteiger partial charge in [-0.25, -0.2) is 4.39 Å². The van der Waals surface area contributed by atoms with Gasteiger partial charge >= 0.3 is 0 Å². The van der Waals surface area contributed by atoms with Crippen molar-refractivity contribution in [1.82, 2.24) is 5.32 Å². The van der Waals surface area contributed by atoms with Gasteiger partial charge in [0.1, 0.15) is 5.82 Å². The van der Waals surface area contributed by atoms with E-state index in [2.05, 4.69) is 59.1 Å². The van der Waals surface area contributed by atoms with Gasteiger partial charge in [-0.15, -0.1) is 0 Å². The molecule has 0 saturated heterocycles. The van der Waals surface area contributed by atoms with Crippen LogP contribution in [0.15, 0.2) is 42.5 Å². The van der Waals surface area contributed by atoms with Crippen LogP contribution in [0, 0.1) is 9.39 Å². The second kappa shape index (κ2) is 7.38. The lowest BCUT2D eigenvalue weighted by Crippen LogP contribution is -2.23. The maximum absolute atomic E-state index is 13.3. The van der Waals surface area contributed by atoms with Crippen molar-refractivity contribution in [1.29, 1.82) is 0 Å². The van der Waals surface area contributed by atoms with Crippen LogP contribution in [0.2, 0.25) is 5.02 Å². The minimum atomic E-state index is -0.375.